The van der Waals surface area contributed by atoms with Crippen LogP contribution in [-0.2, 0) is 4.74 Å². The lowest BCUT2D eigenvalue weighted by Gasteiger charge is -2.07. The van der Waals surface area contributed by atoms with Gasteiger partial charge in [0.05, 0.1) is 16.1 Å². The van der Waals surface area contributed by atoms with Gasteiger partial charge < -0.3 is 4.74 Å². The number of benzene rings is 2. The van der Waals surface area contributed by atoms with E-state index in [0.29, 0.717) is 22.3 Å². The van der Waals surface area contributed by atoms with Crippen LogP contribution in [0.15, 0.2) is 42.5 Å². The molecule has 0 aliphatic carbocycles. The number of fused-ring (bicyclic) bond motifs is 1. The summed E-state index contributed by atoms with van der Waals surface area (Å²) in [6.07, 6.45) is 0. The fraction of sp³-hybridized carbons (Fsp3) is 0. The highest BCUT2D eigenvalue weighted by molar-refractivity contribution is 7.82. The van der Waals surface area contributed by atoms with E-state index in [0.717, 1.165) is 0 Å². The van der Waals surface area contributed by atoms with Crippen molar-refractivity contribution in [2.45, 2.75) is 0 Å². The van der Waals surface area contributed by atoms with Gasteiger partial charge in [-0.3, -0.25) is 10.1 Å². The minimum atomic E-state index is -0.424. The van der Waals surface area contributed by atoms with E-state index < -0.39 is 4.92 Å². The Morgan fingerprint density at radius 1 is 0.950 bits per heavy atom. The van der Waals surface area contributed by atoms with E-state index in [2.05, 4.69) is 0 Å². The number of nitro benzene ring substituents is 1. The third kappa shape index (κ3) is 1.90. The van der Waals surface area contributed by atoms with Crippen molar-refractivity contribution in [2.24, 2.45) is 0 Å². The molecule has 1 aliphatic heterocycles. The molecule has 0 spiro atoms. The summed E-state index contributed by atoms with van der Waals surface area (Å²) in [4.78, 5) is 10.8. The summed E-state index contributed by atoms with van der Waals surface area (Å²) in [5, 5.41) is 11.7. The highest BCUT2D eigenvalue weighted by atomic mass is 32.1. The van der Waals surface area contributed by atoms with Gasteiger partial charge in [0.25, 0.3) is 5.69 Å². The van der Waals surface area contributed by atoms with Gasteiger partial charge in [-0.15, -0.1) is 0 Å². The predicted molar refractivity (Wildman–Crippen MR) is 83.0 cm³/mol. The SMILES string of the molecule is O=[N+]([O-])c1ccc2c(c1-c1ccccc1)C(=S)OC2=S. The van der Waals surface area contributed by atoms with Crippen LogP contribution in [-0.4, -0.2) is 15.0 Å². The zero-order valence-electron chi connectivity index (χ0n) is 10.0. The summed E-state index contributed by atoms with van der Waals surface area (Å²) >= 11 is 10.2. The van der Waals surface area contributed by atoms with Crippen molar-refractivity contribution < 1.29 is 9.66 Å². The molecule has 2 aromatic carbocycles. The van der Waals surface area contributed by atoms with Gasteiger partial charge in [0.2, 0.25) is 5.05 Å². The maximum Gasteiger partial charge on any atom is 0.278 e. The summed E-state index contributed by atoms with van der Waals surface area (Å²) in [5.74, 6) is 0. The number of hydrogen-bond acceptors (Lipinski definition) is 5. The molecular weight excluding hydrogens is 294 g/mol. The fourth-order valence-corrected chi connectivity index (χ4v) is 2.81. The average Bonchev–Trinajstić information content (AvgIpc) is 2.74. The van der Waals surface area contributed by atoms with Crippen molar-refractivity contribution in [3.05, 3.63) is 63.7 Å². The molecule has 20 heavy (non-hydrogen) atoms. The molecule has 0 radical (unpaired) electrons. The van der Waals surface area contributed by atoms with Gasteiger partial charge in [0.15, 0.2) is 5.05 Å². The molecule has 0 aromatic heterocycles. The normalized spacial score (nSPS) is 13.0. The molecule has 0 saturated carbocycles. The van der Waals surface area contributed by atoms with Crippen LogP contribution >= 0.6 is 24.4 Å². The first-order chi connectivity index (χ1) is 9.59. The van der Waals surface area contributed by atoms with E-state index in [1.807, 2.05) is 18.2 Å². The molecule has 6 heteroatoms. The Hall–Kier alpha value is -2.18. The molecule has 1 heterocycles. The van der Waals surface area contributed by atoms with Crippen molar-refractivity contribution in [2.75, 3.05) is 0 Å². The Bertz CT molecular complexity index is 757. The lowest BCUT2D eigenvalue weighted by molar-refractivity contribution is -0.384. The quantitative estimate of drug-likeness (QED) is 0.481. The predicted octanol–water partition coefficient (Wildman–Crippen LogP) is 3.64. The third-order valence-corrected chi connectivity index (χ3v) is 3.64. The summed E-state index contributed by atoms with van der Waals surface area (Å²) in [5.41, 5.74) is 2.33. The second-order valence-corrected chi connectivity index (χ2v) is 4.92. The molecule has 98 valence electrons. The van der Waals surface area contributed by atoms with Crippen molar-refractivity contribution in [3.8, 4) is 11.1 Å². The molecule has 0 N–H and O–H groups in total. The first kappa shape index (κ1) is 12.8. The van der Waals surface area contributed by atoms with Crippen LogP contribution in [0.1, 0.15) is 11.1 Å². The van der Waals surface area contributed by atoms with E-state index in [1.165, 1.54) is 6.07 Å². The summed E-state index contributed by atoms with van der Waals surface area (Å²) in [6.45, 7) is 0. The molecule has 4 nitrogen and oxygen atoms in total. The number of hydrogen-bond donors (Lipinski definition) is 0. The van der Waals surface area contributed by atoms with Crippen LogP contribution in [0, 0.1) is 10.1 Å². The topological polar surface area (TPSA) is 52.4 Å². The zero-order valence-corrected chi connectivity index (χ0v) is 11.7. The lowest BCUT2D eigenvalue weighted by Crippen LogP contribution is -2.00. The van der Waals surface area contributed by atoms with Crippen LogP contribution in [0.2, 0.25) is 0 Å². The second kappa shape index (κ2) is 4.73. The molecule has 0 amide bonds. The Morgan fingerprint density at radius 2 is 1.65 bits per heavy atom. The summed E-state index contributed by atoms with van der Waals surface area (Å²) < 4.78 is 5.27. The molecule has 1 aliphatic rings. The Kier molecular flexibility index (Phi) is 3.04. The lowest BCUT2D eigenvalue weighted by atomic mass is 9.95. The minimum absolute atomic E-state index is 0.00870. The van der Waals surface area contributed by atoms with Gasteiger partial charge >= 0.3 is 0 Å². The Labute approximate surface area is 125 Å². The van der Waals surface area contributed by atoms with Crippen molar-refractivity contribution in [3.63, 3.8) is 0 Å². The Balaban J connectivity index is 2.39. The molecular formula is C14H7NO3S2. The first-order valence-corrected chi connectivity index (χ1v) is 6.54. The van der Waals surface area contributed by atoms with Crippen molar-refractivity contribution in [1.82, 2.24) is 0 Å². The first-order valence-electron chi connectivity index (χ1n) is 5.73. The fourth-order valence-electron chi connectivity index (χ4n) is 2.21. The van der Waals surface area contributed by atoms with Crippen molar-refractivity contribution in [1.29, 1.82) is 0 Å². The average molecular weight is 301 g/mol. The Morgan fingerprint density at radius 3 is 2.30 bits per heavy atom. The number of nitrogens with zero attached hydrogens (tertiary/aromatic N) is 1. The van der Waals surface area contributed by atoms with E-state index in [1.54, 1.807) is 18.2 Å². The van der Waals surface area contributed by atoms with Gasteiger partial charge in [-0.1, -0.05) is 30.3 Å². The van der Waals surface area contributed by atoms with E-state index >= 15 is 0 Å². The highest BCUT2D eigenvalue weighted by Crippen LogP contribution is 2.38. The van der Waals surface area contributed by atoms with Crippen LogP contribution in [0.3, 0.4) is 0 Å². The second-order valence-electron chi connectivity index (χ2n) is 4.18. The van der Waals surface area contributed by atoms with Crippen LogP contribution in [0.25, 0.3) is 11.1 Å². The molecule has 0 atom stereocenters. The molecule has 0 unspecified atom stereocenters. The standard InChI is InChI=1S/C14H7NO3S2/c16-15(17)10-7-6-9-12(14(20)18-13(9)19)11(10)8-4-2-1-3-5-8/h1-7H. The molecule has 2 aromatic rings. The summed E-state index contributed by atoms with van der Waals surface area (Å²) in [7, 11) is 0. The maximum atomic E-state index is 11.3. The van der Waals surface area contributed by atoms with Gasteiger partial charge in [-0.05, 0) is 36.1 Å². The number of nitro groups is 1. The number of rotatable bonds is 2. The van der Waals surface area contributed by atoms with Gasteiger partial charge in [0.1, 0.15) is 0 Å². The number of thiocarbonyl (C=S) groups is 2. The highest BCUT2D eigenvalue weighted by Gasteiger charge is 2.32. The van der Waals surface area contributed by atoms with E-state index in [4.69, 9.17) is 29.2 Å². The van der Waals surface area contributed by atoms with Gasteiger partial charge in [-0.25, -0.2) is 0 Å². The molecule has 0 bridgehead atoms. The van der Waals surface area contributed by atoms with Gasteiger partial charge in [-0.2, -0.15) is 0 Å². The third-order valence-electron chi connectivity index (χ3n) is 3.05. The molecule has 0 saturated heterocycles. The van der Waals surface area contributed by atoms with Crippen LogP contribution in [0.5, 0.6) is 0 Å². The number of ether oxygens (including phenoxy) is 1. The van der Waals surface area contributed by atoms with Crippen LogP contribution in [0.4, 0.5) is 5.69 Å². The monoisotopic (exact) mass is 301 g/mol. The molecule has 0 fully saturated rings. The molecule has 3 rings (SSSR count). The maximum absolute atomic E-state index is 11.3. The van der Waals surface area contributed by atoms with E-state index in [-0.39, 0.29) is 15.8 Å². The zero-order chi connectivity index (χ0) is 14.3. The van der Waals surface area contributed by atoms with Crippen LogP contribution < -0.4 is 0 Å². The van der Waals surface area contributed by atoms with Crippen molar-refractivity contribution >= 4 is 40.2 Å². The van der Waals surface area contributed by atoms with E-state index in [9.17, 15) is 10.1 Å². The minimum Gasteiger partial charge on any atom is -0.433 e. The summed E-state index contributed by atoms with van der Waals surface area (Å²) in [6, 6.07) is 12.1. The van der Waals surface area contributed by atoms with Gasteiger partial charge in [0, 0.05) is 11.6 Å². The largest absolute Gasteiger partial charge is 0.433 e. The smallest absolute Gasteiger partial charge is 0.278 e.